The Balaban J connectivity index is 1.94. The van der Waals surface area contributed by atoms with Crippen molar-refractivity contribution in [2.45, 2.75) is 19.6 Å². The SMILES string of the molecule is CC(Oc1ccc([N+](=O)[O-])cc1Cl)C(=O)NCc1ccccc1. The van der Waals surface area contributed by atoms with Crippen molar-refractivity contribution < 1.29 is 14.5 Å². The molecule has 1 atom stereocenters. The van der Waals surface area contributed by atoms with Crippen molar-refractivity contribution in [1.29, 1.82) is 0 Å². The Morgan fingerprint density at radius 2 is 2.00 bits per heavy atom. The summed E-state index contributed by atoms with van der Waals surface area (Å²) in [6.07, 6.45) is -0.780. The molecule has 2 rings (SSSR count). The molecule has 7 heteroatoms. The molecular weight excluding hydrogens is 320 g/mol. The molecule has 0 aliphatic rings. The molecule has 2 aromatic rings. The van der Waals surface area contributed by atoms with E-state index < -0.39 is 11.0 Å². The van der Waals surface area contributed by atoms with Crippen LogP contribution in [-0.4, -0.2) is 16.9 Å². The van der Waals surface area contributed by atoms with Gasteiger partial charge in [0.1, 0.15) is 5.75 Å². The summed E-state index contributed by atoms with van der Waals surface area (Å²) < 4.78 is 5.46. The van der Waals surface area contributed by atoms with E-state index in [9.17, 15) is 14.9 Å². The molecule has 0 heterocycles. The van der Waals surface area contributed by atoms with Gasteiger partial charge < -0.3 is 10.1 Å². The second kappa shape index (κ2) is 7.60. The maximum absolute atomic E-state index is 12.0. The third-order valence-corrected chi connectivity index (χ3v) is 3.40. The van der Waals surface area contributed by atoms with E-state index in [0.29, 0.717) is 6.54 Å². The highest BCUT2D eigenvalue weighted by atomic mass is 35.5. The number of nitrogens with one attached hydrogen (secondary N) is 1. The Morgan fingerprint density at radius 1 is 1.30 bits per heavy atom. The molecule has 23 heavy (non-hydrogen) atoms. The van der Waals surface area contributed by atoms with E-state index in [2.05, 4.69) is 5.32 Å². The number of benzene rings is 2. The van der Waals surface area contributed by atoms with Crippen LogP contribution >= 0.6 is 11.6 Å². The fraction of sp³-hybridized carbons (Fsp3) is 0.188. The van der Waals surface area contributed by atoms with Crippen LogP contribution in [0.25, 0.3) is 0 Å². The van der Waals surface area contributed by atoms with Crippen LogP contribution in [0.5, 0.6) is 5.75 Å². The van der Waals surface area contributed by atoms with Crippen LogP contribution in [-0.2, 0) is 11.3 Å². The first-order chi connectivity index (χ1) is 11.0. The van der Waals surface area contributed by atoms with Crippen molar-refractivity contribution in [3.05, 3.63) is 69.2 Å². The van der Waals surface area contributed by atoms with Gasteiger partial charge in [0.05, 0.1) is 9.95 Å². The molecule has 0 radical (unpaired) electrons. The van der Waals surface area contributed by atoms with E-state index in [0.717, 1.165) is 5.56 Å². The van der Waals surface area contributed by atoms with Crippen LogP contribution in [0.15, 0.2) is 48.5 Å². The number of halogens is 1. The minimum Gasteiger partial charge on any atom is -0.479 e. The summed E-state index contributed by atoms with van der Waals surface area (Å²) in [7, 11) is 0. The van der Waals surface area contributed by atoms with Gasteiger partial charge in [-0.2, -0.15) is 0 Å². The van der Waals surface area contributed by atoms with Gasteiger partial charge in [-0.3, -0.25) is 14.9 Å². The summed E-state index contributed by atoms with van der Waals surface area (Å²) >= 11 is 5.93. The van der Waals surface area contributed by atoms with Crippen LogP contribution < -0.4 is 10.1 Å². The predicted molar refractivity (Wildman–Crippen MR) is 86.5 cm³/mol. The Morgan fingerprint density at radius 3 is 2.61 bits per heavy atom. The van der Waals surface area contributed by atoms with Gasteiger partial charge in [-0.1, -0.05) is 41.9 Å². The number of amides is 1. The summed E-state index contributed by atoms with van der Waals surface area (Å²) in [6.45, 7) is 1.97. The number of hydrogen-bond acceptors (Lipinski definition) is 4. The van der Waals surface area contributed by atoms with Gasteiger partial charge >= 0.3 is 0 Å². The van der Waals surface area contributed by atoms with Crippen LogP contribution in [0, 0.1) is 10.1 Å². The van der Waals surface area contributed by atoms with E-state index in [1.165, 1.54) is 18.2 Å². The average Bonchev–Trinajstić information content (AvgIpc) is 2.55. The van der Waals surface area contributed by atoms with Gasteiger partial charge in [-0.25, -0.2) is 0 Å². The molecule has 0 aromatic heterocycles. The molecule has 0 aliphatic carbocycles. The number of nitro benzene ring substituents is 1. The molecular formula is C16H15ClN2O4. The maximum atomic E-state index is 12.0. The summed E-state index contributed by atoms with van der Waals surface area (Å²) in [4.78, 5) is 22.1. The smallest absolute Gasteiger partial charge is 0.271 e. The van der Waals surface area contributed by atoms with Crippen LogP contribution in [0.3, 0.4) is 0 Å². The summed E-state index contributed by atoms with van der Waals surface area (Å²) in [5, 5.41) is 13.5. The third kappa shape index (κ3) is 4.69. The largest absolute Gasteiger partial charge is 0.479 e. The Bertz CT molecular complexity index is 706. The summed E-state index contributed by atoms with van der Waals surface area (Å²) in [6, 6.07) is 13.3. The fourth-order valence-corrected chi connectivity index (χ4v) is 2.09. The van der Waals surface area contributed by atoms with E-state index in [4.69, 9.17) is 16.3 Å². The van der Waals surface area contributed by atoms with Gasteiger partial charge in [0.15, 0.2) is 6.10 Å². The zero-order valence-corrected chi connectivity index (χ0v) is 13.1. The average molecular weight is 335 g/mol. The van der Waals surface area contributed by atoms with E-state index in [-0.39, 0.29) is 22.4 Å². The molecule has 1 unspecified atom stereocenters. The van der Waals surface area contributed by atoms with E-state index >= 15 is 0 Å². The van der Waals surface area contributed by atoms with Crippen molar-refractivity contribution in [2.24, 2.45) is 0 Å². The first kappa shape index (κ1) is 16.8. The number of nitrogens with zero attached hydrogens (tertiary/aromatic N) is 1. The quantitative estimate of drug-likeness (QED) is 0.649. The second-order valence-corrected chi connectivity index (χ2v) is 5.24. The van der Waals surface area contributed by atoms with Gasteiger partial charge in [0, 0.05) is 18.7 Å². The van der Waals surface area contributed by atoms with Gasteiger partial charge in [0.2, 0.25) is 0 Å². The van der Waals surface area contributed by atoms with Gasteiger partial charge in [-0.05, 0) is 18.6 Å². The molecule has 0 aliphatic heterocycles. The third-order valence-electron chi connectivity index (χ3n) is 3.11. The fourth-order valence-electron chi connectivity index (χ4n) is 1.87. The van der Waals surface area contributed by atoms with Gasteiger partial charge in [-0.15, -0.1) is 0 Å². The zero-order valence-electron chi connectivity index (χ0n) is 12.4. The van der Waals surface area contributed by atoms with Crippen molar-refractivity contribution in [1.82, 2.24) is 5.32 Å². The highest BCUT2D eigenvalue weighted by Crippen LogP contribution is 2.29. The second-order valence-electron chi connectivity index (χ2n) is 4.84. The normalized spacial score (nSPS) is 11.6. The molecule has 6 nitrogen and oxygen atoms in total. The Kier molecular flexibility index (Phi) is 5.54. The number of carbonyl (C=O) groups is 1. The van der Waals surface area contributed by atoms with Gasteiger partial charge in [0.25, 0.3) is 11.6 Å². The maximum Gasteiger partial charge on any atom is 0.271 e. The molecule has 0 saturated carbocycles. The van der Waals surface area contributed by atoms with Crippen molar-refractivity contribution in [3.8, 4) is 5.75 Å². The Hall–Kier alpha value is -2.60. The minimum atomic E-state index is -0.780. The highest BCUT2D eigenvalue weighted by Gasteiger charge is 2.17. The van der Waals surface area contributed by atoms with Crippen LogP contribution in [0.1, 0.15) is 12.5 Å². The first-order valence-electron chi connectivity index (χ1n) is 6.89. The van der Waals surface area contributed by atoms with E-state index in [1.54, 1.807) is 6.92 Å². The first-order valence-corrected chi connectivity index (χ1v) is 7.27. The topological polar surface area (TPSA) is 81.5 Å². The lowest BCUT2D eigenvalue weighted by Gasteiger charge is -2.15. The highest BCUT2D eigenvalue weighted by molar-refractivity contribution is 6.32. The van der Waals surface area contributed by atoms with Crippen molar-refractivity contribution in [2.75, 3.05) is 0 Å². The van der Waals surface area contributed by atoms with Crippen LogP contribution in [0.2, 0.25) is 5.02 Å². The molecule has 120 valence electrons. The molecule has 0 fully saturated rings. The number of carbonyl (C=O) groups excluding carboxylic acids is 1. The molecule has 0 spiro atoms. The van der Waals surface area contributed by atoms with Crippen molar-refractivity contribution >= 4 is 23.2 Å². The molecule has 1 amide bonds. The predicted octanol–water partition coefficient (Wildman–Crippen LogP) is 3.33. The number of hydrogen-bond donors (Lipinski definition) is 1. The summed E-state index contributed by atoms with van der Waals surface area (Å²) in [5.74, 6) is -0.0806. The molecule has 1 N–H and O–H groups in total. The van der Waals surface area contributed by atoms with Crippen LogP contribution in [0.4, 0.5) is 5.69 Å². The Labute approximate surface area is 138 Å². The number of nitro groups is 1. The monoisotopic (exact) mass is 334 g/mol. The zero-order chi connectivity index (χ0) is 16.8. The minimum absolute atomic E-state index is 0.0851. The molecule has 0 bridgehead atoms. The number of non-ortho nitro benzene ring substituents is 1. The number of ether oxygens (including phenoxy) is 1. The van der Waals surface area contributed by atoms with Crippen molar-refractivity contribution in [3.63, 3.8) is 0 Å². The lowest BCUT2D eigenvalue weighted by molar-refractivity contribution is -0.384. The lowest BCUT2D eigenvalue weighted by atomic mass is 10.2. The molecule has 2 aromatic carbocycles. The number of rotatable bonds is 6. The lowest BCUT2D eigenvalue weighted by Crippen LogP contribution is -2.35. The van der Waals surface area contributed by atoms with E-state index in [1.807, 2.05) is 30.3 Å². The molecule has 0 saturated heterocycles. The standard InChI is InChI=1S/C16H15ClN2O4/c1-11(16(20)18-10-12-5-3-2-4-6-12)23-15-8-7-13(19(21)22)9-14(15)17/h2-9,11H,10H2,1H3,(H,18,20). The summed E-state index contributed by atoms with van der Waals surface area (Å²) in [5.41, 5.74) is 0.838.